The summed E-state index contributed by atoms with van der Waals surface area (Å²) in [7, 11) is 0. The third kappa shape index (κ3) is 2.20. The minimum absolute atomic E-state index is 0.0133. The highest BCUT2D eigenvalue weighted by atomic mass is 19.4. The summed E-state index contributed by atoms with van der Waals surface area (Å²) in [5.74, 6) is -0.811. The number of H-pyrrole nitrogens is 1. The number of anilines is 1. The van der Waals surface area contributed by atoms with Gasteiger partial charge in [-0.2, -0.15) is 13.2 Å². The Hall–Kier alpha value is -1.83. The Morgan fingerprint density at radius 1 is 1.35 bits per heavy atom. The molecule has 0 bridgehead atoms. The lowest BCUT2D eigenvalue weighted by atomic mass is 9.91. The first kappa shape index (κ1) is 13.2. The molecule has 20 heavy (non-hydrogen) atoms. The Kier molecular flexibility index (Phi) is 3.04. The zero-order valence-electron chi connectivity index (χ0n) is 10.6. The molecule has 2 atom stereocenters. The van der Waals surface area contributed by atoms with Crippen molar-refractivity contribution in [2.24, 2.45) is 11.7 Å². The number of nitrogens with zero attached hydrogens (tertiary/aromatic N) is 3. The summed E-state index contributed by atoms with van der Waals surface area (Å²) in [6.07, 6.45) is -1.12. The SMILES string of the molecule is N[C@H]1CN(c2ncnc3[nH]ccc23)CC[C@@H]1C(F)(F)F. The van der Waals surface area contributed by atoms with Crippen LogP contribution < -0.4 is 10.6 Å². The van der Waals surface area contributed by atoms with Gasteiger partial charge in [-0.1, -0.05) is 0 Å². The van der Waals surface area contributed by atoms with E-state index in [-0.39, 0.29) is 19.5 Å². The van der Waals surface area contributed by atoms with Crippen molar-refractivity contribution in [3.05, 3.63) is 18.6 Å². The second-order valence-corrected chi connectivity index (χ2v) is 4.98. The second-order valence-electron chi connectivity index (χ2n) is 4.98. The third-order valence-corrected chi connectivity index (χ3v) is 3.71. The number of aromatic amines is 1. The molecule has 2 aromatic rings. The van der Waals surface area contributed by atoms with Crippen molar-refractivity contribution in [1.82, 2.24) is 15.0 Å². The molecule has 1 saturated heterocycles. The molecule has 1 aliphatic heterocycles. The molecule has 0 saturated carbocycles. The molecule has 8 heteroatoms. The maximum atomic E-state index is 12.8. The van der Waals surface area contributed by atoms with E-state index in [1.807, 2.05) is 6.07 Å². The Balaban J connectivity index is 1.85. The number of aromatic nitrogens is 3. The number of alkyl halides is 3. The van der Waals surface area contributed by atoms with E-state index >= 15 is 0 Å². The van der Waals surface area contributed by atoms with Crippen LogP contribution in [0.2, 0.25) is 0 Å². The van der Waals surface area contributed by atoms with Gasteiger partial charge in [-0.3, -0.25) is 0 Å². The molecule has 0 radical (unpaired) electrons. The Morgan fingerprint density at radius 2 is 2.15 bits per heavy atom. The average Bonchev–Trinajstić information content (AvgIpc) is 2.85. The van der Waals surface area contributed by atoms with E-state index in [1.165, 1.54) is 6.33 Å². The van der Waals surface area contributed by atoms with Gasteiger partial charge in [0.2, 0.25) is 0 Å². The number of nitrogens with two attached hydrogens (primary N) is 1. The molecule has 3 heterocycles. The van der Waals surface area contributed by atoms with Crippen LogP contribution >= 0.6 is 0 Å². The van der Waals surface area contributed by atoms with Gasteiger partial charge >= 0.3 is 6.18 Å². The normalized spacial score (nSPS) is 24.3. The van der Waals surface area contributed by atoms with Crippen LogP contribution in [0, 0.1) is 5.92 Å². The lowest BCUT2D eigenvalue weighted by Crippen LogP contribution is -2.53. The van der Waals surface area contributed by atoms with Crippen molar-refractivity contribution in [3.8, 4) is 0 Å². The summed E-state index contributed by atoms with van der Waals surface area (Å²) in [6, 6.07) is 0.874. The molecule has 0 aliphatic carbocycles. The van der Waals surface area contributed by atoms with Crippen molar-refractivity contribution in [2.75, 3.05) is 18.0 Å². The molecule has 2 aromatic heterocycles. The highest BCUT2D eigenvalue weighted by Gasteiger charge is 2.45. The van der Waals surface area contributed by atoms with Crippen LogP contribution in [0.15, 0.2) is 18.6 Å². The first-order chi connectivity index (χ1) is 9.47. The summed E-state index contributed by atoms with van der Waals surface area (Å²) < 4.78 is 38.4. The van der Waals surface area contributed by atoms with Crippen LogP contribution in [-0.4, -0.2) is 40.3 Å². The minimum atomic E-state index is -4.24. The van der Waals surface area contributed by atoms with Gasteiger partial charge in [-0.25, -0.2) is 9.97 Å². The van der Waals surface area contributed by atoms with Gasteiger partial charge in [0, 0.05) is 25.3 Å². The van der Waals surface area contributed by atoms with Crippen LogP contribution in [0.3, 0.4) is 0 Å². The van der Waals surface area contributed by atoms with Crippen molar-refractivity contribution in [1.29, 1.82) is 0 Å². The zero-order chi connectivity index (χ0) is 14.3. The van der Waals surface area contributed by atoms with E-state index in [9.17, 15) is 13.2 Å². The third-order valence-electron chi connectivity index (χ3n) is 3.71. The van der Waals surface area contributed by atoms with Crippen LogP contribution in [0.1, 0.15) is 6.42 Å². The van der Waals surface area contributed by atoms with Gasteiger partial charge in [-0.15, -0.1) is 0 Å². The van der Waals surface area contributed by atoms with Gasteiger partial charge in [0.1, 0.15) is 17.8 Å². The summed E-state index contributed by atoms with van der Waals surface area (Å²) in [5.41, 5.74) is 6.37. The van der Waals surface area contributed by atoms with E-state index in [0.29, 0.717) is 11.5 Å². The largest absolute Gasteiger partial charge is 0.393 e. The van der Waals surface area contributed by atoms with E-state index in [0.717, 1.165) is 5.39 Å². The molecule has 3 rings (SSSR count). The van der Waals surface area contributed by atoms with Crippen LogP contribution in [0.4, 0.5) is 19.0 Å². The maximum Gasteiger partial charge on any atom is 0.393 e. The lowest BCUT2D eigenvalue weighted by molar-refractivity contribution is -0.183. The summed E-state index contributed by atoms with van der Waals surface area (Å²) in [6.45, 7) is 0.427. The van der Waals surface area contributed by atoms with E-state index < -0.39 is 18.1 Å². The first-order valence-corrected chi connectivity index (χ1v) is 6.32. The number of hydrogen-bond acceptors (Lipinski definition) is 4. The van der Waals surface area contributed by atoms with Gasteiger partial charge in [0.15, 0.2) is 0 Å². The Morgan fingerprint density at radius 3 is 2.85 bits per heavy atom. The van der Waals surface area contributed by atoms with Gasteiger partial charge in [0.25, 0.3) is 0 Å². The molecule has 3 N–H and O–H groups in total. The minimum Gasteiger partial charge on any atom is -0.354 e. The first-order valence-electron chi connectivity index (χ1n) is 6.32. The maximum absolute atomic E-state index is 12.8. The fourth-order valence-electron chi connectivity index (χ4n) is 2.69. The van der Waals surface area contributed by atoms with Crippen molar-refractivity contribution in [3.63, 3.8) is 0 Å². The molecule has 0 amide bonds. The summed E-state index contributed by atoms with van der Waals surface area (Å²) in [5, 5.41) is 0.796. The monoisotopic (exact) mass is 285 g/mol. The van der Waals surface area contributed by atoms with Gasteiger partial charge in [0.05, 0.1) is 11.3 Å². The molecule has 108 valence electrons. The second kappa shape index (κ2) is 4.62. The lowest BCUT2D eigenvalue weighted by Gasteiger charge is -2.38. The molecule has 0 spiro atoms. The predicted octanol–water partition coefficient (Wildman–Crippen LogP) is 1.67. The molecular formula is C12H14F3N5. The molecular weight excluding hydrogens is 271 g/mol. The van der Waals surface area contributed by atoms with Crippen LogP contribution in [0.5, 0.6) is 0 Å². The number of hydrogen-bond donors (Lipinski definition) is 2. The van der Waals surface area contributed by atoms with E-state index in [4.69, 9.17) is 5.73 Å². The summed E-state index contributed by atoms with van der Waals surface area (Å²) in [4.78, 5) is 13.0. The quantitative estimate of drug-likeness (QED) is 0.836. The van der Waals surface area contributed by atoms with Crippen LogP contribution in [0.25, 0.3) is 11.0 Å². The number of fused-ring (bicyclic) bond motifs is 1. The smallest absolute Gasteiger partial charge is 0.354 e. The van der Waals surface area contributed by atoms with Crippen molar-refractivity contribution in [2.45, 2.75) is 18.6 Å². The number of halogens is 3. The van der Waals surface area contributed by atoms with E-state index in [1.54, 1.807) is 11.1 Å². The Labute approximate surface area is 113 Å². The number of piperidine rings is 1. The average molecular weight is 285 g/mol. The molecule has 0 unspecified atom stereocenters. The highest BCUT2D eigenvalue weighted by Crippen LogP contribution is 2.35. The fraction of sp³-hybridized carbons (Fsp3) is 0.500. The topological polar surface area (TPSA) is 70.8 Å². The zero-order valence-corrected chi connectivity index (χ0v) is 10.6. The van der Waals surface area contributed by atoms with Gasteiger partial charge < -0.3 is 15.6 Å². The predicted molar refractivity (Wildman–Crippen MR) is 68.2 cm³/mol. The number of nitrogens with one attached hydrogen (secondary N) is 1. The fourth-order valence-corrected chi connectivity index (χ4v) is 2.69. The molecule has 1 aliphatic rings. The van der Waals surface area contributed by atoms with Gasteiger partial charge in [-0.05, 0) is 12.5 Å². The summed E-state index contributed by atoms with van der Waals surface area (Å²) >= 11 is 0. The Bertz CT molecular complexity index is 608. The van der Waals surface area contributed by atoms with E-state index in [2.05, 4.69) is 15.0 Å². The van der Waals surface area contributed by atoms with Crippen LogP contribution in [-0.2, 0) is 0 Å². The molecule has 1 fully saturated rings. The highest BCUT2D eigenvalue weighted by molar-refractivity contribution is 5.87. The van der Waals surface area contributed by atoms with Crippen molar-refractivity contribution >= 4 is 16.9 Å². The number of rotatable bonds is 1. The van der Waals surface area contributed by atoms with Crippen molar-refractivity contribution < 1.29 is 13.2 Å². The standard InChI is InChI=1S/C12H14F3N5/c13-12(14,15)8-2-4-20(5-9(8)16)11-7-1-3-17-10(7)18-6-19-11/h1,3,6,8-9H,2,4-5,16H2,(H,17,18,19)/t8-,9-/m0/s1. The molecule has 5 nitrogen and oxygen atoms in total. The molecule has 0 aromatic carbocycles.